The number of nitrogens with zero attached hydrogens (tertiary/aromatic N) is 1. The summed E-state index contributed by atoms with van der Waals surface area (Å²) >= 11 is 5.94. The first-order valence-electron chi connectivity index (χ1n) is 10.5. The largest absolute Gasteiger partial charge is 0.461 e. The minimum Gasteiger partial charge on any atom is -0.461 e. The number of fused-ring (bicyclic) bond motifs is 3. The summed E-state index contributed by atoms with van der Waals surface area (Å²) in [7, 11) is 1.70. The van der Waals surface area contributed by atoms with Crippen molar-refractivity contribution in [2.75, 3.05) is 26.8 Å². The topological polar surface area (TPSA) is 55.8 Å². The van der Waals surface area contributed by atoms with E-state index in [1.165, 1.54) is 0 Å². The van der Waals surface area contributed by atoms with Crippen LogP contribution in [-0.4, -0.2) is 43.8 Å². The van der Waals surface area contributed by atoms with E-state index in [0.29, 0.717) is 17.1 Å². The Morgan fingerprint density at radius 2 is 1.44 bits per heavy atom. The molecule has 0 aromatic heterocycles. The molecule has 4 rings (SSSR count). The van der Waals surface area contributed by atoms with Gasteiger partial charge < -0.3 is 14.4 Å². The Bertz CT molecular complexity index is 1100. The molecule has 32 heavy (non-hydrogen) atoms. The minimum absolute atomic E-state index is 0.0756. The molecular formula is C26H24ClNO4. The summed E-state index contributed by atoms with van der Waals surface area (Å²) in [4.78, 5) is 26.8. The fraction of sp³-hybridized carbons (Fsp3) is 0.231. The molecule has 3 aromatic carbocycles. The number of hydrogen-bond acceptors (Lipinski definition) is 4. The summed E-state index contributed by atoms with van der Waals surface area (Å²) in [5.41, 5.74) is 3.87. The summed E-state index contributed by atoms with van der Waals surface area (Å²) in [6.07, 6.45) is -0.419. The van der Waals surface area contributed by atoms with Gasteiger partial charge in [0, 0.05) is 18.6 Å². The van der Waals surface area contributed by atoms with E-state index in [-0.39, 0.29) is 13.2 Å². The first kappa shape index (κ1) is 21.9. The number of amides is 1. The van der Waals surface area contributed by atoms with Crippen LogP contribution in [0.15, 0.2) is 72.8 Å². The molecule has 3 aromatic rings. The van der Waals surface area contributed by atoms with Crippen molar-refractivity contribution in [2.45, 2.75) is 12.3 Å². The molecule has 1 amide bonds. The van der Waals surface area contributed by atoms with E-state index in [2.05, 4.69) is 12.1 Å². The molecule has 0 bridgehead atoms. The maximum absolute atomic E-state index is 12.8. The van der Waals surface area contributed by atoms with Gasteiger partial charge in [0.05, 0.1) is 17.6 Å². The van der Waals surface area contributed by atoms with Crippen LogP contribution in [0, 0.1) is 0 Å². The average molecular weight is 450 g/mol. The number of likely N-dealkylation sites (N-methyl/N-ethyl adjacent to an activating group) is 1. The molecule has 164 valence electrons. The number of rotatable bonds is 6. The van der Waals surface area contributed by atoms with Gasteiger partial charge in [0.1, 0.15) is 6.61 Å². The van der Waals surface area contributed by atoms with Gasteiger partial charge in [-0.25, -0.2) is 9.59 Å². The number of carbonyl (C=O) groups excluding carboxylic acids is 2. The fourth-order valence-corrected chi connectivity index (χ4v) is 4.47. The van der Waals surface area contributed by atoms with E-state index in [9.17, 15) is 9.59 Å². The second-order valence-electron chi connectivity index (χ2n) is 7.81. The highest BCUT2D eigenvalue weighted by atomic mass is 35.5. The Morgan fingerprint density at radius 1 is 0.875 bits per heavy atom. The molecule has 0 saturated carbocycles. The lowest BCUT2D eigenvalue weighted by molar-refractivity contribution is 0.0401. The Hall–Kier alpha value is -3.31. The Labute approximate surface area is 192 Å². The zero-order chi connectivity index (χ0) is 22.7. The lowest BCUT2D eigenvalue weighted by atomic mass is 9.78. The summed E-state index contributed by atoms with van der Waals surface area (Å²) < 4.78 is 11.1. The minimum atomic E-state index is -0.725. The molecule has 0 saturated heterocycles. The standard InChI is InChI=1S/C26H24ClNO4/c1-3-31-25(30)28(2)16-26(17-32-24(29)18-12-14-19(27)15-13-18)22-10-6-4-8-20(22)21-9-5-7-11-23(21)26/h4-15H,3,16-17H2,1-2H3. The lowest BCUT2D eigenvalue weighted by Crippen LogP contribution is -2.45. The van der Waals surface area contributed by atoms with Crippen LogP contribution < -0.4 is 0 Å². The SMILES string of the molecule is CCOC(=O)N(C)CC1(COC(=O)c2ccc(Cl)cc2)c2ccccc2-c2ccccc21. The third-order valence-corrected chi connectivity index (χ3v) is 6.04. The van der Waals surface area contributed by atoms with Gasteiger partial charge in [-0.05, 0) is 53.4 Å². The van der Waals surface area contributed by atoms with Gasteiger partial charge in [-0.1, -0.05) is 60.1 Å². The molecular weight excluding hydrogens is 426 g/mol. The highest BCUT2D eigenvalue weighted by molar-refractivity contribution is 6.30. The van der Waals surface area contributed by atoms with Gasteiger partial charge >= 0.3 is 12.1 Å². The van der Waals surface area contributed by atoms with Crippen molar-refractivity contribution in [3.8, 4) is 11.1 Å². The molecule has 0 spiro atoms. The van der Waals surface area contributed by atoms with E-state index < -0.39 is 17.5 Å². The summed E-state index contributed by atoms with van der Waals surface area (Å²) in [6.45, 7) is 2.43. The second-order valence-corrected chi connectivity index (χ2v) is 8.25. The first-order chi connectivity index (χ1) is 15.5. The summed E-state index contributed by atoms with van der Waals surface area (Å²) in [5, 5.41) is 0.549. The maximum Gasteiger partial charge on any atom is 0.409 e. The van der Waals surface area contributed by atoms with Crippen LogP contribution in [0.1, 0.15) is 28.4 Å². The molecule has 5 nitrogen and oxygen atoms in total. The molecule has 6 heteroatoms. The Morgan fingerprint density at radius 3 is 2.00 bits per heavy atom. The summed E-state index contributed by atoms with van der Waals surface area (Å²) in [6, 6.07) is 22.7. The zero-order valence-electron chi connectivity index (χ0n) is 18.0. The number of benzene rings is 3. The molecule has 0 N–H and O–H groups in total. The molecule has 0 unspecified atom stereocenters. The molecule has 0 atom stereocenters. The van der Waals surface area contributed by atoms with Gasteiger partial charge in [0.25, 0.3) is 0 Å². The van der Waals surface area contributed by atoms with Crippen LogP contribution >= 0.6 is 11.6 Å². The number of esters is 1. The van der Waals surface area contributed by atoms with Gasteiger partial charge in [-0.2, -0.15) is 0 Å². The van der Waals surface area contributed by atoms with Crippen LogP contribution in [0.2, 0.25) is 5.02 Å². The van der Waals surface area contributed by atoms with E-state index in [4.69, 9.17) is 21.1 Å². The molecule has 1 aliphatic rings. The molecule has 0 aliphatic heterocycles. The molecule has 0 radical (unpaired) electrons. The highest BCUT2D eigenvalue weighted by Gasteiger charge is 2.45. The zero-order valence-corrected chi connectivity index (χ0v) is 18.8. The van der Waals surface area contributed by atoms with Crippen LogP contribution in [0.25, 0.3) is 11.1 Å². The third kappa shape index (κ3) is 3.96. The van der Waals surface area contributed by atoms with Gasteiger partial charge in [-0.15, -0.1) is 0 Å². The van der Waals surface area contributed by atoms with Crippen LogP contribution in [0.3, 0.4) is 0 Å². The number of halogens is 1. The fourth-order valence-electron chi connectivity index (χ4n) is 4.35. The number of hydrogen-bond donors (Lipinski definition) is 0. The van der Waals surface area contributed by atoms with Crippen molar-refractivity contribution in [2.24, 2.45) is 0 Å². The smallest absolute Gasteiger partial charge is 0.409 e. The van der Waals surface area contributed by atoms with Crippen molar-refractivity contribution >= 4 is 23.7 Å². The lowest BCUT2D eigenvalue weighted by Gasteiger charge is -2.35. The Balaban J connectivity index is 1.73. The molecule has 0 fully saturated rings. The number of carbonyl (C=O) groups is 2. The van der Waals surface area contributed by atoms with Crippen molar-refractivity contribution in [1.82, 2.24) is 4.90 Å². The van der Waals surface area contributed by atoms with Crippen molar-refractivity contribution in [3.63, 3.8) is 0 Å². The van der Waals surface area contributed by atoms with E-state index in [1.807, 2.05) is 36.4 Å². The maximum atomic E-state index is 12.8. The average Bonchev–Trinajstić information content (AvgIpc) is 3.08. The monoisotopic (exact) mass is 449 g/mol. The second kappa shape index (κ2) is 9.05. The van der Waals surface area contributed by atoms with Crippen molar-refractivity contribution in [1.29, 1.82) is 0 Å². The molecule has 1 aliphatic carbocycles. The van der Waals surface area contributed by atoms with E-state index >= 15 is 0 Å². The van der Waals surface area contributed by atoms with Gasteiger partial charge in [0.15, 0.2) is 0 Å². The van der Waals surface area contributed by atoms with Gasteiger partial charge in [0.2, 0.25) is 0 Å². The van der Waals surface area contributed by atoms with Crippen molar-refractivity contribution in [3.05, 3.63) is 94.5 Å². The molecule has 0 heterocycles. The van der Waals surface area contributed by atoms with Crippen molar-refractivity contribution < 1.29 is 19.1 Å². The first-order valence-corrected chi connectivity index (χ1v) is 10.8. The third-order valence-electron chi connectivity index (χ3n) is 5.79. The van der Waals surface area contributed by atoms with Gasteiger partial charge in [-0.3, -0.25) is 0 Å². The predicted molar refractivity (Wildman–Crippen MR) is 124 cm³/mol. The van der Waals surface area contributed by atoms with Crippen LogP contribution in [-0.2, 0) is 14.9 Å². The van der Waals surface area contributed by atoms with Crippen LogP contribution in [0.5, 0.6) is 0 Å². The van der Waals surface area contributed by atoms with E-state index in [0.717, 1.165) is 22.3 Å². The predicted octanol–water partition coefficient (Wildman–Crippen LogP) is 5.55. The summed E-state index contributed by atoms with van der Waals surface area (Å²) in [5.74, 6) is -0.443. The Kier molecular flexibility index (Phi) is 6.19. The van der Waals surface area contributed by atoms with Crippen LogP contribution in [0.4, 0.5) is 4.79 Å². The normalized spacial score (nSPS) is 13.1. The van der Waals surface area contributed by atoms with E-state index in [1.54, 1.807) is 43.1 Å². The quantitative estimate of drug-likeness (QED) is 0.463. The number of ether oxygens (including phenoxy) is 2. The highest BCUT2D eigenvalue weighted by Crippen LogP contribution is 2.49.